The highest BCUT2D eigenvalue weighted by molar-refractivity contribution is 5.45. The average molecular weight is 287 g/mol. The summed E-state index contributed by atoms with van der Waals surface area (Å²) >= 11 is 0. The molecule has 3 heteroatoms. The Morgan fingerprint density at radius 3 is 2.81 bits per heavy atom. The van der Waals surface area contributed by atoms with Crippen LogP contribution in [0.4, 0.5) is 0 Å². The lowest BCUT2D eigenvalue weighted by Crippen LogP contribution is -2.29. The number of rotatable bonds is 6. The molecule has 114 valence electrons. The summed E-state index contributed by atoms with van der Waals surface area (Å²) in [6.07, 6.45) is 4.64. The van der Waals surface area contributed by atoms with Crippen molar-refractivity contribution in [1.82, 2.24) is 4.90 Å². The zero-order valence-corrected chi connectivity index (χ0v) is 13.1. The summed E-state index contributed by atoms with van der Waals surface area (Å²) in [7, 11) is 3.86. The normalized spacial score (nSPS) is 14.5. The fraction of sp³-hybridized carbons (Fsp3) is 0.556. The zero-order valence-electron chi connectivity index (χ0n) is 13.1. The Hall–Kier alpha value is -1.50. The molecule has 21 heavy (non-hydrogen) atoms. The van der Waals surface area contributed by atoms with Gasteiger partial charge in [-0.3, -0.25) is 0 Å². The van der Waals surface area contributed by atoms with E-state index in [0.29, 0.717) is 6.42 Å². The van der Waals surface area contributed by atoms with Gasteiger partial charge in [0, 0.05) is 25.1 Å². The molecule has 0 spiro atoms. The maximum atomic E-state index is 8.84. The van der Waals surface area contributed by atoms with E-state index in [1.54, 1.807) is 7.11 Å². The SMILES string of the molecule is COc1ccc(C#CCCO)c(CN(C)CC2CCC2)c1. The van der Waals surface area contributed by atoms with Crippen LogP contribution in [0.2, 0.25) is 0 Å². The van der Waals surface area contributed by atoms with E-state index in [4.69, 9.17) is 9.84 Å². The van der Waals surface area contributed by atoms with E-state index in [9.17, 15) is 0 Å². The van der Waals surface area contributed by atoms with Crippen LogP contribution in [0.15, 0.2) is 18.2 Å². The smallest absolute Gasteiger partial charge is 0.119 e. The Morgan fingerprint density at radius 2 is 2.19 bits per heavy atom. The monoisotopic (exact) mass is 287 g/mol. The molecular weight excluding hydrogens is 262 g/mol. The molecule has 0 radical (unpaired) electrons. The lowest BCUT2D eigenvalue weighted by atomic mass is 9.85. The van der Waals surface area contributed by atoms with Crippen molar-refractivity contribution in [3.8, 4) is 17.6 Å². The fourth-order valence-electron chi connectivity index (χ4n) is 2.63. The molecule has 1 fully saturated rings. The number of aliphatic hydroxyl groups excluding tert-OH is 1. The van der Waals surface area contributed by atoms with Crippen molar-refractivity contribution >= 4 is 0 Å². The van der Waals surface area contributed by atoms with E-state index in [-0.39, 0.29) is 6.61 Å². The van der Waals surface area contributed by atoms with Crippen LogP contribution in [-0.2, 0) is 6.54 Å². The predicted octanol–water partition coefficient (Wildman–Crippen LogP) is 2.66. The predicted molar refractivity (Wildman–Crippen MR) is 85.2 cm³/mol. The van der Waals surface area contributed by atoms with Gasteiger partial charge in [-0.25, -0.2) is 0 Å². The first kappa shape index (κ1) is 15.9. The molecular formula is C18H25NO2. The lowest BCUT2D eigenvalue weighted by molar-refractivity contribution is 0.200. The Bertz CT molecular complexity index is 512. The molecule has 0 aliphatic heterocycles. The first-order chi connectivity index (χ1) is 10.2. The van der Waals surface area contributed by atoms with E-state index in [1.807, 2.05) is 12.1 Å². The molecule has 3 nitrogen and oxygen atoms in total. The maximum Gasteiger partial charge on any atom is 0.119 e. The van der Waals surface area contributed by atoms with Crippen LogP contribution >= 0.6 is 0 Å². The molecule has 0 atom stereocenters. The van der Waals surface area contributed by atoms with Gasteiger partial charge in [0.15, 0.2) is 0 Å². The molecule has 1 saturated carbocycles. The lowest BCUT2D eigenvalue weighted by Gasteiger charge is -2.30. The Balaban J connectivity index is 2.08. The highest BCUT2D eigenvalue weighted by Gasteiger charge is 2.19. The van der Waals surface area contributed by atoms with Crippen LogP contribution in [0, 0.1) is 17.8 Å². The minimum absolute atomic E-state index is 0.111. The third-order valence-electron chi connectivity index (χ3n) is 4.01. The van der Waals surface area contributed by atoms with Gasteiger partial charge in [-0.15, -0.1) is 0 Å². The third kappa shape index (κ3) is 4.77. The Kier molecular flexibility index (Phi) is 6.10. The number of hydrogen-bond donors (Lipinski definition) is 1. The summed E-state index contributed by atoms with van der Waals surface area (Å²) in [4.78, 5) is 2.37. The summed E-state index contributed by atoms with van der Waals surface area (Å²) in [5, 5.41) is 8.84. The van der Waals surface area contributed by atoms with Crippen molar-refractivity contribution < 1.29 is 9.84 Å². The van der Waals surface area contributed by atoms with Crippen molar-refractivity contribution in [1.29, 1.82) is 0 Å². The Morgan fingerprint density at radius 1 is 1.38 bits per heavy atom. The molecule has 0 bridgehead atoms. The molecule has 1 aromatic carbocycles. The molecule has 0 amide bonds. The van der Waals surface area contributed by atoms with Crippen molar-refractivity contribution in [3.05, 3.63) is 29.3 Å². The Labute approximate surface area is 127 Å². The second-order valence-electron chi connectivity index (χ2n) is 5.79. The topological polar surface area (TPSA) is 32.7 Å². The van der Waals surface area contributed by atoms with Crippen molar-refractivity contribution in [2.24, 2.45) is 5.92 Å². The molecule has 0 aromatic heterocycles. The van der Waals surface area contributed by atoms with Crippen LogP contribution in [0.5, 0.6) is 5.75 Å². The molecule has 2 rings (SSSR count). The van der Waals surface area contributed by atoms with Gasteiger partial charge in [-0.05, 0) is 49.6 Å². The van der Waals surface area contributed by atoms with Gasteiger partial charge in [0.25, 0.3) is 0 Å². The summed E-state index contributed by atoms with van der Waals surface area (Å²) in [5.41, 5.74) is 2.23. The molecule has 1 aliphatic rings. The van der Waals surface area contributed by atoms with Crippen LogP contribution in [0.3, 0.4) is 0 Å². The number of hydrogen-bond acceptors (Lipinski definition) is 3. The number of ether oxygens (including phenoxy) is 1. The van der Waals surface area contributed by atoms with E-state index < -0.39 is 0 Å². The van der Waals surface area contributed by atoms with Crippen LogP contribution in [0.25, 0.3) is 0 Å². The highest BCUT2D eigenvalue weighted by atomic mass is 16.5. The summed E-state index contributed by atoms with van der Waals surface area (Å²) < 4.78 is 5.32. The first-order valence-corrected chi connectivity index (χ1v) is 7.68. The van der Waals surface area contributed by atoms with Crippen molar-refractivity contribution in [2.45, 2.75) is 32.2 Å². The van der Waals surface area contributed by atoms with Crippen LogP contribution in [0.1, 0.15) is 36.8 Å². The minimum Gasteiger partial charge on any atom is -0.497 e. The quantitative estimate of drug-likeness (QED) is 0.817. The number of methoxy groups -OCH3 is 1. The molecule has 0 heterocycles. The maximum absolute atomic E-state index is 8.84. The van der Waals surface area contributed by atoms with Gasteiger partial charge >= 0.3 is 0 Å². The van der Waals surface area contributed by atoms with Gasteiger partial charge in [0.05, 0.1) is 13.7 Å². The molecule has 1 aliphatic carbocycles. The largest absolute Gasteiger partial charge is 0.497 e. The molecule has 0 saturated heterocycles. The van der Waals surface area contributed by atoms with Crippen molar-refractivity contribution in [2.75, 3.05) is 27.3 Å². The molecule has 1 aromatic rings. The van der Waals surface area contributed by atoms with Gasteiger partial charge in [0.2, 0.25) is 0 Å². The number of benzene rings is 1. The fourth-order valence-corrected chi connectivity index (χ4v) is 2.63. The van der Waals surface area contributed by atoms with Crippen molar-refractivity contribution in [3.63, 3.8) is 0 Å². The van der Waals surface area contributed by atoms with Gasteiger partial charge < -0.3 is 14.7 Å². The highest BCUT2D eigenvalue weighted by Crippen LogP contribution is 2.27. The number of aliphatic hydroxyl groups is 1. The second-order valence-corrected chi connectivity index (χ2v) is 5.79. The standard InChI is InChI=1S/C18H25NO2/c1-19(13-15-6-5-7-15)14-17-12-18(21-2)10-9-16(17)8-3-4-11-20/h9-10,12,15,20H,4-7,11,13-14H2,1-2H3. The van der Waals surface area contributed by atoms with Crippen LogP contribution in [-0.4, -0.2) is 37.3 Å². The summed E-state index contributed by atoms with van der Waals surface area (Å²) in [6.45, 7) is 2.15. The number of nitrogens with zero attached hydrogens (tertiary/aromatic N) is 1. The second kappa shape index (κ2) is 8.07. The van der Waals surface area contributed by atoms with E-state index in [2.05, 4.69) is 29.9 Å². The average Bonchev–Trinajstić information content (AvgIpc) is 2.44. The van der Waals surface area contributed by atoms with E-state index >= 15 is 0 Å². The van der Waals surface area contributed by atoms with E-state index in [1.165, 1.54) is 24.8 Å². The first-order valence-electron chi connectivity index (χ1n) is 7.68. The third-order valence-corrected chi connectivity index (χ3v) is 4.01. The molecule has 0 unspecified atom stereocenters. The zero-order chi connectivity index (χ0) is 15.1. The van der Waals surface area contributed by atoms with Gasteiger partial charge in [0.1, 0.15) is 5.75 Å². The summed E-state index contributed by atoms with van der Waals surface area (Å²) in [5.74, 6) is 7.90. The van der Waals surface area contributed by atoms with Crippen LogP contribution < -0.4 is 4.74 Å². The van der Waals surface area contributed by atoms with Gasteiger partial charge in [-0.2, -0.15) is 0 Å². The van der Waals surface area contributed by atoms with Gasteiger partial charge in [-0.1, -0.05) is 18.3 Å². The minimum atomic E-state index is 0.111. The van der Waals surface area contributed by atoms with E-state index in [0.717, 1.165) is 30.3 Å². The summed E-state index contributed by atoms with van der Waals surface area (Å²) in [6, 6.07) is 6.02. The molecule has 1 N–H and O–H groups in total.